The molecule has 1 aliphatic heterocycles. The highest BCUT2D eigenvalue weighted by Crippen LogP contribution is 2.35. The Labute approximate surface area is 154 Å². The standard InChI is InChI=1S/C19H29N3O4/c1-19(2,3)18(24)21-14-11-16(26-5)15(25-4)10-13(14)17(23)22-8-6-12(20)7-9-22/h10-12H,6-9,20H2,1-5H3,(H,21,24). The largest absolute Gasteiger partial charge is 0.493 e. The first-order chi connectivity index (χ1) is 12.2. The molecule has 1 aromatic carbocycles. The van der Waals surface area contributed by atoms with Crippen molar-refractivity contribution < 1.29 is 19.1 Å². The van der Waals surface area contributed by atoms with Crippen LogP contribution in [0.4, 0.5) is 5.69 Å². The molecule has 26 heavy (non-hydrogen) atoms. The summed E-state index contributed by atoms with van der Waals surface area (Å²) in [6.07, 6.45) is 1.53. The number of carbonyl (C=O) groups excluding carboxylic acids is 2. The van der Waals surface area contributed by atoms with Gasteiger partial charge in [0.2, 0.25) is 5.91 Å². The van der Waals surface area contributed by atoms with E-state index in [-0.39, 0.29) is 17.9 Å². The molecule has 0 aromatic heterocycles. The average molecular weight is 363 g/mol. The second kappa shape index (κ2) is 7.95. The van der Waals surface area contributed by atoms with Gasteiger partial charge in [-0.3, -0.25) is 9.59 Å². The predicted octanol–water partition coefficient (Wildman–Crippen LogP) is 2.25. The Hall–Kier alpha value is -2.28. The molecule has 1 heterocycles. The molecule has 0 atom stereocenters. The van der Waals surface area contributed by atoms with E-state index in [1.165, 1.54) is 14.2 Å². The van der Waals surface area contributed by atoms with Crippen LogP contribution < -0.4 is 20.5 Å². The van der Waals surface area contributed by atoms with Gasteiger partial charge in [0.05, 0.1) is 25.5 Å². The van der Waals surface area contributed by atoms with Gasteiger partial charge in [-0.1, -0.05) is 20.8 Å². The minimum absolute atomic E-state index is 0.129. The van der Waals surface area contributed by atoms with Crippen LogP contribution in [0.2, 0.25) is 0 Å². The molecule has 7 heteroatoms. The van der Waals surface area contributed by atoms with Crippen LogP contribution in [0, 0.1) is 5.41 Å². The molecular formula is C19H29N3O4. The third-order valence-electron chi connectivity index (χ3n) is 4.51. The quantitative estimate of drug-likeness (QED) is 0.856. The van der Waals surface area contributed by atoms with Crippen molar-refractivity contribution in [3.63, 3.8) is 0 Å². The SMILES string of the molecule is COc1cc(NC(=O)C(C)(C)C)c(C(=O)N2CCC(N)CC2)cc1OC. The van der Waals surface area contributed by atoms with E-state index in [1.807, 2.05) is 20.8 Å². The number of nitrogens with zero attached hydrogens (tertiary/aromatic N) is 1. The smallest absolute Gasteiger partial charge is 0.256 e. The summed E-state index contributed by atoms with van der Waals surface area (Å²) in [5, 5.41) is 2.86. The third kappa shape index (κ3) is 4.46. The van der Waals surface area contributed by atoms with Gasteiger partial charge in [-0.05, 0) is 18.9 Å². The molecule has 7 nitrogen and oxygen atoms in total. The first-order valence-electron chi connectivity index (χ1n) is 8.79. The zero-order chi connectivity index (χ0) is 19.5. The van der Waals surface area contributed by atoms with E-state index in [1.54, 1.807) is 17.0 Å². The number of nitrogens with one attached hydrogen (secondary N) is 1. The van der Waals surface area contributed by atoms with Crippen LogP contribution in [0.5, 0.6) is 11.5 Å². The molecule has 1 fully saturated rings. The Morgan fingerprint density at radius 1 is 1.12 bits per heavy atom. The van der Waals surface area contributed by atoms with Crippen molar-refractivity contribution in [2.24, 2.45) is 11.1 Å². The van der Waals surface area contributed by atoms with E-state index >= 15 is 0 Å². The van der Waals surface area contributed by atoms with Gasteiger partial charge in [-0.2, -0.15) is 0 Å². The van der Waals surface area contributed by atoms with Crippen molar-refractivity contribution in [1.29, 1.82) is 0 Å². The maximum Gasteiger partial charge on any atom is 0.256 e. The summed E-state index contributed by atoms with van der Waals surface area (Å²) in [6.45, 7) is 6.64. The first-order valence-corrected chi connectivity index (χ1v) is 8.79. The molecule has 2 rings (SSSR count). The third-order valence-corrected chi connectivity index (χ3v) is 4.51. The van der Waals surface area contributed by atoms with Crippen molar-refractivity contribution >= 4 is 17.5 Å². The summed E-state index contributed by atoms with van der Waals surface area (Å²) < 4.78 is 10.7. The molecule has 0 radical (unpaired) electrons. The molecule has 3 N–H and O–H groups in total. The number of methoxy groups -OCH3 is 2. The van der Waals surface area contributed by atoms with E-state index in [4.69, 9.17) is 15.2 Å². The zero-order valence-electron chi connectivity index (χ0n) is 16.2. The molecule has 1 aromatic rings. The number of ether oxygens (including phenoxy) is 2. The Kier molecular flexibility index (Phi) is 6.13. The fourth-order valence-corrected chi connectivity index (χ4v) is 2.74. The van der Waals surface area contributed by atoms with E-state index in [0.717, 1.165) is 12.8 Å². The number of carbonyl (C=O) groups is 2. The van der Waals surface area contributed by atoms with Gasteiger partial charge >= 0.3 is 0 Å². The Morgan fingerprint density at radius 2 is 1.65 bits per heavy atom. The predicted molar refractivity (Wildman–Crippen MR) is 101 cm³/mol. The Balaban J connectivity index is 2.41. The lowest BCUT2D eigenvalue weighted by atomic mass is 9.95. The van der Waals surface area contributed by atoms with Crippen LogP contribution in [-0.2, 0) is 4.79 Å². The maximum absolute atomic E-state index is 13.1. The number of anilines is 1. The molecule has 2 amide bonds. The molecule has 0 saturated carbocycles. The van der Waals surface area contributed by atoms with Gasteiger partial charge in [0.1, 0.15) is 0 Å². The molecule has 0 aliphatic carbocycles. The van der Waals surface area contributed by atoms with Gasteiger partial charge < -0.3 is 25.4 Å². The highest BCUT2D eigenvalue weighted by Gasteiger charge is 2.28. The van der Waals surface area contributed by atoms with Crippen LogP contribution >= 0.6 is 0 Å². The van der Waals surface area contributed by atoms with Crippen LogP contribution in [-0.4, -0.2) is 50.1 Å². The Bertz CT molecular complexity index is 674. The number of amides is 2. The lowest BCUT2D eigenvalue weighted by Gasteiger charge is -2.31. The summed E-state index contributed by atoms with van der Waals surface area (Å²) in [5.74, 6) is 0.564. The van der Waals surface area contributed by atoms with Crippen molar-refractivity contribution in [1.82, 2.24) is 4.90 Å². The summed E-state index contributed by atoms with van der Waals surface area (Å²) in [5.41, 5.74) is 6.14. The number of benzene rings is 1. The monoisotopic (exact) mass is 363 g/mol. The van der Waals surface area contributed by atoms with E-state index in [2.05, 4.69) is 5.32 Å². The second-order valence-electron chi connectivity index (χ2n) is 7.59. The topological polar surface area (TPSA) is 93.9 Å². The van der Waals surface area contributed by atoms with E-state index in [0.29, 0.717) is 35.8 Å². The van der Waals surface area contributed by atoms with Crippen LogP contribution in [0.3, 0.4) is 0 Å². The van der Waals surface area contributed by atoms with Gasteiger partial charge in [0.15, 0.2) is 11.5 Å². The molecule has 0 bridgehead atoms. The number of rotatable bonds is 4. The molecule has 1 aliphatic rings. The molecule has 144 valence electrons. The fourth-order valence-electron chi connectivity index (χ4n) is 2.74. The van der Waals surface area contributed by atoms with Crippen molar-refractivity contribution in [2.75, 3.05) is 32.6 Å². The molecular weight excluding hydrogens is 334 g/mol. The van der Waals surface area contributed by atoms with Crippen molar-refractivity contribution in [3.05, 3.63) is 17.7 Å². The lowest BCUT2D eigenvalue weighted by Crippen LogP contribution is -2.43. The highest BCUT2D eigenvalue weighted by atomic mass is 16.5. The van der Waals surface area contributed by atoms with Crippen molar-refractivity contribution in [3.8, 4) is 11.5 Å². The van der Waals surface area contributed by atoms with E-state index < -0.39 is 5.41 Å². The maximum atomic E-state index is 13.1. The van der Waals surface area contributed by atoms with Gasteiger partial charge in [-0.15, -0.1) is 0 Å². The zero-order valence-corrected chi connectivity index (χ0v) is 16.2. The van der Waals surface area contributed by atoms with Gasteiger partial charge in [0.25, 0.3) is 5.91 Å². The minimum atomic E-state index is -0.592. The number of nitrogens with two attached hydrogens (primary N) is 1. The second-order valence-corrected chi connectivity index (χ2v) is 7.59. The molecule has 0 spiro atoms. The number of hydrogen-bond acceptors (Lipinski definition) is 5. The van der Waals surface area contributed by atoms with Crippen LogP contribution in [0.25, 0.3) is 0 Å². The summed E-state index contributed by atoms with van der Waals surface area (Å²) >= 11 is 0. The molecule has 1 saturated heterocycles. The average Bonchev–Trinajstić information content (AvgIpc) is 2.60. The van der Waals surface area contributed by atoms with E-state index in [9.17, 15) is 9.59 Å². The van der Waals surface area contributed by atoms with Crippen LogP contribution in [0.15, 0.2) is 12.1 Å². The highest BCUT2D eigenvalue weighted by molar-refractivity contribution is 6.05. The molecule has 0 unspecified atom stereocenters. The normalized spacial score (nSPS) is 15.5. The first kappa shape index (κ1) is 20.0. The fraction of sp³-hybridized carbons (Fsp3) is 0.579. The minimum Gasteiger partial charge on any atom is -0.493 e. The van der Waals surface area contributed by atoms with Gasteiger partial charge in [-0.25, -0.2) is 0 Å². The van der Waals surface area contributed by atoms with Crippen LogP contribution in [0.1, 0.15) is 44.0 Å². The summed E-state index contributed by atoms with van der Waals surface area (Å²) in [6, 6.07) is 3.38. The summed E-state index contributed by atoms with van der Waals surface area (Å²) in [4.78, 5) is 27.3. The number of likely N-dealkylation sites (tertiary alicyclic amines) is 1. The number of piperidine rings is 1. The lowest BCUT2D eigenvalue weighted by molar-refractivity contribution is -0.123. The number of hydrogen-bond donors (Lipinski definition) is 2. The van der Waals surface area contributed by atoms with Gasteiger partial charge in [0, 0.05) is 30.6 Å². The van der Waals surface area contributed by atoms with Crippen molar-refractivity contribution in [2.45, 2.75) is 39.7 Å². The summed E-state index contributed by atoms with van der Waals surface area (Å²) in [7, 11) is 3.03. The Morgan fingerprint density at radius 3 is 2.15 bits per heavy atom.